The number of benzene rings is 2. The van der Waals surface area contributed by atoms with Crippen molar-refractivity contribution in [1.29, 1.82) is 0 Å². The summed E-state index contributed by atoms with van der Waals surface area (Å²) < 4.78 is 10.7. The average molecular weight is 298 g/mol. The minimum Gasteiger partial charge on any atom is -0.508 e. The van der Waals surface area contributed by atoms with Crippen LogP contribution in [0.1, 0.15) is 23.2 Å². The van der Waals surface area contributed by atoms with Gasteiger partial charge in [-0.1, -0.05) is 24.3 Å². The first kappa shape index (κ1) is 14.6. The molecule has 1 atom stereocenters. The standard InChI is InChI=1S/C18H18O4/c19-16-9-7-14(8-10-16)13-3-5-15(6-4-13)18(20)22-12-17-2-1-11-21-17/h3-10,17,19H,1-2,11-12H2. The van der Waals surface area contributed by atoms with Crippen molar-refractivity contribution in [2.45, 2.75) is 18.9 Å². The van der Waals surface area contributed by atoms with Gasteiger partial charge in [-0.2, -0.15) is 0 Å². The molecule has 4 heteroatoms. The zero-order chi connectivity index (χ0) is 15.4. The van der Waals surface area contributed by atoms with Crippen LogP contribution in [-0.4, -0.2) is 30.4 Å². The first-order valence-corrected chi connectivity index (χ1v) is 7.40. The van der Waals surface area contributed by atoms with Crippen molar-refractivity contribution >= 4 is 5.97 Å². The van der Waals surface area contributed by atoms with Gasteiger partial charge in [-0.25, -0.2) is 4.79 Å². The molecule has 1 N–H and O–H groups in total. The summed E-state index contributed by atoms with van der Waals surface area (Å²) in [4.78, 5) is 12.0. The SMILES string of the molecule is O=C(OCC1CCCO1)c1ccc(-c2ccc(O)cc2)cc1. The number of esters is 1. The molecule has 2 aromatic carbocycles. The number of hydrogen-bond donors (Lipinski definition) is 1. The van der Waals surface area contributed by atoms with Crippen molar-refractivity contribution in [3.8, 4) is 16.9 Å². The van der Waals surface area contributed by atoms with Gasteiger partial charge in [0.15, 0.2) is 0 Å². The largest absolute Gasteiger partial charge is 0.508 e. The van der Waals surface area contributed by atoms with Gasteiger partial charge in [0.05, 0.1) is 11.7 Å². The Hall–Kier alpha value is -2.33. The van der Waals surface area contributed by atoms with Crippen LogP contribution >= 0.6 is 0 Å². The zero-order valence-corrected chi connectivity index (χ0v) is 12.2. The lowest BCUT2D eigenvalue weighted by Gasteiger charge is -2.10. The highest BCUT2D eigenvalue weighted by atomic mass is 16.6. The Morgan fingerprint density at radius 3 is 2.32 bits per heavy atom. The van der Waals surface area contributed by atoms with E-state index in [4.69, 9.17) is 9.47 Å². The quantitative estimate of drug-likeness (QED) is 0.879. The fraction of sp³-hybridized carbons (Fsp3) is 0.278. The Kier molecular flexibility index (Phi) is 4.39. The van der Waals surface area contributed by atoms with E-state index < -0.39 is 0 Å². The van der Waals surface area contributed by atoms with Crippen LogP contribution in [-0.2, 0) is 9.47 Å². The molecule has 0 aliphatic carbocycles. The Bertz CT molecular complexity index is 625. The predicted octanol–water partition coefficient (Wildman–Crippen LogP) is 3.40. The van der Waals surface area contributed by atoms with Crippen LogP contribution < -0.4 is 0 Å². The van der Waals surface area contributed by atoms with Crippen molar-refractivity contribution < 1.29 is 19.4 Å². The lowest BCUT2D eigenvalue weighted by Crippen LogP contribution is -2.17. The number of hydrogen-bond acceptors (Lipinski definition) is 4. The van der Waals surface area contributed by atoms with E-state index >= 15 is 0 Å². The molecule has 0 bridgehead atoms. The van der Waals surface area contributed by atoms with Gasteiger partial charge in [-0.15, -0.1) is 0 Å². The van der Waals surface area contributed by atoms with Crippen molar-refractivity contribution in [2.75, 3.05) is 13.2 Å². The van der Waals surface area contributed by atoms with Crippen LogP contribution in [0.5, 0.6) is 5.75 Å². The smallest absolute Gasteiger partial charge is 0.338 e. The van der Waals surface area contributed by atoms with Gasteiger partial charge >= 0.3 is 5.97 Å². The zero-order valence-electron chi connectivity index (χ0n) is 12.2. The van der Waals surface area contributed by atoms with Crippen LogP contribution in [0.2, 0.25) is 0 Å². The highest BCUT2D eigenvalue weighted by molar-refractivity contribution is 5.90. The van der Waals surface area contributed by atoms with E-state index in [-0.39, 0.29) is 17.8 Å². The highest BCUT2D eigenvalue weighted by Gasteiger charge is 2.18. The topological polar surface area (TPSA) is 55.8 Å². The summed E-state index contributed by atoms with van der Waals surface area (Å²) >= 11 is 0. The third kappa shape index (κ3) is 3.46. The van der Waals surface area contributed by atoms with Crippen LogP contribution in [0.15, 0.2) is 48.5 Å². The molecular formula is C18H18O4. The average Bonchev–Trinajstić information content (AvgIpc) is 3.07. The van der Waals surface area contributed by atoms with Crippen LogP contribution in [0.4, 0.5) is 0 Å². The molecule has 1 heterocycles. The van der Waals surface area contributed by atoms with Crippen molar-refractivity contribution in [3.63, 3.8) is 0 Å². The van der Waals surface area contributed by atoms with Gasteiger partial charge in [0.2, 0.25) is 0 Å². The van der Waals surface area contributed by atoms with Crippen molar-refractivity contribution in [3.05, 3.63) is 54.1 Å². The minimum absolute atomic E-state index is 0.0419. The molecule has 2 aromatic rings. The third-order valence-corrected chi connectivity index (χ3v) is 3.75. The second-order valence-electron chi connectivity index (χ2n) is 5.36. The molecular weight excluding hydrogens is 280 g/mol. The normalized spacial score (nSPS) is 17.4. The van der Waals surface area contributed by atoms with Crippen molar-refractivity contribution in [2.24, 2.45) is 0 Å². The lowest BCUT2D eigenvalue weighted by molar-refractivity contribution is 0.0161. The molecule has 114 valence electrons. The molecule has 1 saturated heterocycles. The fourth-order valence-corrected chi connectivity index (χ4v) is 2.48. The molecule has 1 unspecified atom stereocenters. The number of ether oxygens (including phenoxy) is 2. The Morgan fingerprint density at radius 2 is 1.73 bits per heavy atom. The summed E-state index contributed by atoms with van der Waals surface area (Å²) in [6.45, 7) is 1.07. The van der Waals surface area contributed by atoms with Gasteiger partial charge in [0.25, 0.3) is 0 Å². The summed E-state index contributed by atoms with van der Waals surface area (Å²) in [5, 5.41) is 9.30. The Labute approximate surface area is 129 Å². The number of aromatic hydroxyl groups is 1. The lowest BCUT2D eigenvalue weighted by atomic mass is 10.0. The van der Waals surface area contributed by atoms with Gasteiger partial charge in [0, 0.05) is 6.61 Å². The highest BCUT2D eigenvalue weighted by Crippen LogP contribution is 2.22. The summed E-state index contributed by atoms with van der Waals surface area (Å²) in [6, 6.07) is 14.2. The van der Waals surface area contributed by atoms with E-state index in [9.17, 15) is 9.90 Å². The molecule has 0 saturated carbocycles. The first-order chi connectivity index (χ1) is 10.7. The van der Waals surface area contributed by atoms with Gasteiger partial charge in [-0.3, -0.25) is 0 Å². The van der Waals surface area contributed by atoms with Gasteiger partial charge in [0.1, 0.15) is 12.4 Å². The van der Waals surface area contributed by atoms with E-state index in [1.165, 1.54) is 0 Å². The molecule has 22 heavy (non-hydrogen) atoms. The number of phenolic OH excluding ortho intramolecular Hbond substituents is 1. The van der Waals surface area contributed by atoms with E-state index in [1.54, 1.807) is 24.3 Å². The van der Waals surface area contributed by atoms with Crippen LogP contribution in [0, 0.1) is 0 Å². The second-order valence-corrected chi connectivity index (χ2v) is 5.36. The van der Waals surface area contributed by atoms with Crippen LogP contribution in [0.3, 0.4) is 0 Å². The number of carbonyl (C=O) groups excluding carboxylic acids is 1. The molecule has 1 aliphatic heterocycles. The second kappa shape index (κ2) is 6.62. The molecule has 0 aromatic heterocycles. The summed E-state index contributed by atoms with van der Waals surface area (Å²) in [5.41, 5.74) is 2.49. The number of phenols is 1. The Morgan fingerprint density at radius 1 is 1.09 bits per heavy atom. The van der Waals surface area contributed by atoms with E-state index in [0.29, 0.717) is 12.2 Å². The maximum absolute atomic E-state index is 12.0. The summed E-state index contributed by atoms with van der Waals surface area (Å²) in [7, 11) is 0. The monoisotopic (exact) mass is 298 g/mol. The molecule has 1 aliphatic rings. The van der Waals surface area contributed by atoms with E-state index in [2.05, 4.69) is 0 Å². The third-order valence-electron chi connectivity index (χ3n) is 3.75. The fourth-order valence-electron chi connectivity index (χ4n) is 2.48. The van der Waals surface area contributed by atoms with Gasteiger partial charge < -0.3 is 14.6 Å². The molecule has 1 fully saturated rings. The predicted molar refractivity (Wildman–Crippen MR) is 82.8 cm³/mol. The first-order valence-electron chi connectivity index (χ1n) is 7.40. The van der Waals surface area contributed by atoms with Gasteiger partial charge in [-0.05, 0) is 48.2 Å². The summed E-state index contributed by atoms with van der Waals surface area (Å²) in [5.74, 6) is -0.0918. The maximum atomic E-state index is 12.0. The van der Waals surface area contributed by atoms with E-state index in [1.807, 2.05) is 24.3 Å². The number of rotatable bonds is 4. The molecule has 0 radical (unpaired) electrons. The maximum Gasteiger partial charge on any atom is 0.338 e. The summed E-state index contributed by atoms with van der Waals surface area (Å²) in [6.07, 6.45) is 2.02. The Balaban J connectivity index is 1.62. The van der Waals surface area contributed by atoms with Crippen LogP contribution in [0.25, 0.3) is 11.1 Å². The minimum atomic E-state index is -0.326. The molecule has 0 spiro atoms. The number of carbonyl (C=O) groups is 1. The van der Waals surface area contributed by atoms with Crippen molar-refractivity contribution in [1.82, 2.24) is 0 Å². The molecule has 0 amide bonds. The van der Waals surface area contributed by atoms with E-state index in [0.717, 1.165) is 30.6 Å². The molecule has 3 rings (SSSR count). The molecule has 4 nitrogen and oxygen atoms in total.